The third-order valence-electron chi connectivity index (χ3n) is 1.69. The number of carbonyl (C=O) groups is 1. The Hall–Kier alpha value is -1.33. The summed E-state index contributed by atoms with van der Waals surface area (Å²) in [7, 11) is 0. The number of amides is 1. The van der Waals surface area contributed by atoms with Crippen molar-refractivity contribution < 1.29 is 4.79 Å². The van der Waals surface area contributed by atoms with Crippen LogP contribution in [0.25, 0.3) is 0 Å². The van der Waals surface area contributed by atoms with Crippen molar-refractivity contribution in [1.82, 2.24) is 14.9 Å². The molecule has 1 rings (SSSR count). The van der Waals surface area contributed by atoms with Crippen LogP contribution in [-0.2, 0) is 6.54 Å². The smallest absolute Gasteiger partial charge is 0.271 e. The van der Waals surface area contributed by atoms with Gasteiger partial charge in [0.15, 0.2) is 0 Å². The van der Waals surface area contributed by atoms with Crippen molar-refractivity contribution in [1.29, 1.82) is 0 Å². The molecule has 1 heterocycles. The molecule has 6 heteroatoms. The van der Waals surface area contributed by atoms with E-state index in [4.69, 9.17) is 17.3 Å². The number of imidazole rings is 1. The summed E-state index contributed by atoms with van der Waals surface area (Å²) in [6, 6.07) is 0. The van der Waals surface area contributed by atoms with E-state index in [2.05, 4.69) is 16.9 Å². The Kier molecular flexibility index (Phi) is 4.33. The SMILES string of the molecule is C=C(Cl)CNC(=O)c1cn(CCN)cn1. The van der Waals surface area contributed by atoms with Gasteiger partial charge in [-0.1, -0.05) is 18.2 Å². The normalized spacial score (nSPS) is 10.0. The van der Waals surface area contributed by atoms with Crippen LogP contribution in [0.15, 0.2) is 24.1 Å². The van der Waals surface area contributed by atoms with E-state index in [0.717, 1.165) is 0 Å². The van der Waals surface area contributed by atoms with E-state index in [9.17, 15) is 4.79 Å². The van der Waals surface area contributed by atoms with Crippen molar-refractivity contribution in [3.8, 4) is 0 Å². The number of nitrogens with zero attached hydrogens (tertiary/aromatic N) is 2. The van der Waals surface area contributed by atoms with Gasteiger partial charge in [0, 0.05) is 24.3 Å². The zero-order valence-corrected chi connectivity index (χ0v) is 9.00. The first-order valence-electron chi connectivity index (χ1n) is 4.47. The summed E-state index contributed by atoms with van der Waals surface area (Å²) in [4.78, 5) is 15.4. The fourth-order valence-corrected chi connectivity index (χ4v) is 1.08. The molecule has 0 atom stereocenters. The molecular formula is C9H13ClN4O. The zero-order valence-electron chi connectivity index (χ0n) is 8.24. The van der Waals surface area contributed by atoms with Crippen molar-refractivity contribution in [2.75, 3.05) is 13.1 Å². The Balaban J connectivity index is 2.54. The highest BCUT2D eigenvalue weighted by Gasteiger charge is 2.08. The Morgan fingerprint density at radius 2 is 2.47 bits per heavy atom. The minimum Gasteiger partial charge on any atom is -0.346 e. The molecule has 0 aromatic carbocycles. The van der Waals surface area contributed by atoms with Crippen LogP contribution in [0.5, 0.6) is 0 Å². The predicted octanol–water partition coefficient (Wildman–Crippen LogP) is 0.324. The Labute approximate surface area is 92.9 Å². The molecule has 0 spiro atoms. The molecule has 0 aliphatic heterocycles. The highest BCUT2D eigenvalue weighted by molar-refractivity contribution is 6.29. The molecular weight excluding hydrogens is 216 g/mol. The Morgan fingerprint density at radius 1 is 1.73 bits per heavy atom. The van der Waals surface area contributed by atoms with Crippen LogP contribution in [-0.4, -0.2) is 28.5 Å². The lowest BCUT2D eigenvalue weighted by Crippen LogP contribution is -2.24. The fourth-order valence-electron chi connectivity index (χ4n) is 1.02. The molecule has 0 fully saturated rings. The number of nitrogens with two attached hydrogens (primary N) is 1. The van der Waals surface area contributed by atoms with Crippen molar-refractivity contribution in [2.24, 2.45) is 5.73 Å². The summed E-state index contributed by atoms with van der Waals surface area (Å²) in [5.74, 6) is -0.271. The highest BCUT2D eigenvalue weighted by atomic mass is 35.5. The summed E-state index contributed by atoms with van der Waals surface area (Å²) in [6.45, 7) is 4.86. The molecule has 3 N–H and O–H groups in total. The van der Waals surface area contributed by atoms with Crippen LogP contribution in [0, 0.1) is 0 Å². The summed E-state index contributed by atoms with van der Waals surface area (Å²) in [6.07, 6.45) is 3.20. The van der Waals surface area contributed by atoms with Gasteiger partial charge >= 0.3 is 0 Å². The first-order chi connectivity index (χ1) is 7.13. The van der Waals surface area contributed by atoms with Gasteiger partial charge in [-0.3, -0.25) is 4.79 Å². The first kappa shape index (κ1) is 11.7. The lowest BCUT2D eigenvalue weighted by molar-refractivity contribution is 0.0953. The standard InChI is InChI=1S/C9H13ClN4O/c1-7(10)4-12-9(15)8-5-14(3-2-11)6-13-8/h5-6H,1-4,11H2,(H,12,15). The molecule has 82 valence electrons. The van der Waals surface area contributed by atoms with Crippen molar-refractivity contribution in [3.63, 3.8) is 0 Å². The molecule has 1 aromatic heterocycles. The lowest BCUT2D eigenvalue weighted by Gasteiger charge is -2.00. The summed E-state index contributed by atoms with van der Waals surface area (Å²) >= 11 is 5.51. The van der Waals surface area contributed by atoms with Gasteiger partial charge < -0.3 is 15.6 Å². The van der Waals surface area contributed by atoms with Crippen LogP contribution in [0.2, 0.25) is 0 Å². The van der Waals surface area contributed by atoms with Gasteiger partial charge in [0.05, 0.1) is 12.9 Å². The average Bonchev–Trinajstić information content (AvgIpc) is 2.63. The maximum Gasteiger partial charge on any atom is 0.271 e. The van der Waals surface area contributed by atoms with Gasteiger partial charge in [-0.2, -0.15) is 0 Å². The zero-order chi connectivity index (χ0) is 11.3. The Bertz CT molecular complexity index is 361. The van der Waals surface area contributed by atoms with Gasteiger partial charge in [-0.15, -0.1) is 0 Å². The van der Waals surface area contributed by atoms with Gasteiger partial charge in [-0.05, 0) is 0 Å². The monoisotopic (exact) mass is 228 g/mol. The summed E-state index contributed by atoms with van der Waals surface area (Å²) < 4.78 is 1.75. The summed E-state index contributed by atoms with van der Waals surface area (Å²) in [5.41, 5.74) is 5.71. The molecule has 0 saturated carbocycles. The molecule has 0 radical (unpaired) electrons. The number of rotatable bonds is 5. The van der Waals surface area contributed by atoms with Crippen LogP contribution in [0.1, 0.15) is 10.5 Å². The van der Waals surface area contributed by atoms with E-state index in [1.54, 1.807) is 17.1 Å². The van der Waals surface area contributed by atoms with Crippen LogP contribution in [0.3, 0.4) is 0 Å². The fraction of sp³-hybridized carbons (Fsp3) is 0.333. The number of hydrogen-bond donors (Lipinski definition) is 2. The molecule has 0 unspecified atom stereocenters. The third kappa shape index (κ3) is 3.73. The van der Waals surface area contributed by atoms with E-state index in [0.29, 0.717) is 23.8 Å². The molecule has 1 amide bonds. The molecule has 0 saturated heterocycles. The lowest BCUT2D eigenvalue weighted by atomic mass is 10.4. The number of aromatic nitrogens is 2. The van der Waals surface area contributed by atoms with Crippen LogP contribution < -0.4 is 11.1 Å². The van der Waals surface area contributed by atoms with E-state index < -0.39 is 0 Å². The molecule has 15 heavy (non-hydrogen) atoms. The largest absolute Gasteiger partial charge is 0.346 e. The topological polar surface area (TPSA) is 72.9 Å². The van der Waals surface area contributed by atoms with E-state index >= 15 is 0 Å². The number of halogens is 1. The number of carbonyl (C=O) groups excluding carboxylic acids is 1. The average molecular weight is 229 g/mol. The van der Waals surface area contributed by atoms with Crippen molar-refractivity contribution in [2.45, 2.75) is 6.54 Å². The van der Waals surface area contributed by atoms with Gasteiger partial charge in [0.25, 0.3) is 5.91 Å². The third-order valence-corrected chi connectivity index (χ3v) is 1.83. The minimum absolute atomic E-state index is 0.240. The second-order valence-electron chi connectivity index (χ2n) is 2.99. The van der Waals surface area contributed by atoms with Crippen molar-refractivity contribution >= 4 is 17.5 Å². The maximum absolute atomic E-state index is 11.4. The van der Waals surface area contributed by atoms with Crippen molar-refractivity contribution in [3.05, 3.63) is 29.8 Å². The minimum atomic E-state index is -0.271. The Morgan fingerprint density at radius 3 is 3.07 bits per heavy atom. The van der Waals surface area contributed by atoms with Gasteiger partial charge in [0.2, 0.25) is 0 Å². The van der Waals surface area contributed by atoms with Gasteiger partial charge in [0.1, 0.15) is 5.69 Å². The number of hydrogen-bond acceptors (Lipinski definition) is 3. The van der Waals surface area contributed by atoms with E-state index in [1.807, 2.05) is 0 Å². The second-order valence-corrected chi connectivity index (χ2v) is 3.52. The first-order valence-corrected chi connectivity index (χ1v) is 4.84. The predicted molar refractivity (Wildman–Crippen MR) is 58.6 cm³/mol. The molecule has 0 bridgehead atoms. The van der Waals surface area contributed by atoms with Gasteiger partial charge in [-0.25, -0.2) is 4.98 Å². The molecule has 0 aliphatic carbocycles. The highest BCUT2D eigenvalue weighted by Crippen LogP contribution is 1.98. The quantitative estimate of drug-likeness (QED) is 0.763. The summed E-state index contributed by atoms with van der Waals surface area (Å²) in [5, 5.41) is 2.96. The molecule has 1 aromatic rings. The number of nitrogens with one attached hydrogen (secondary N) is 1. The van der Waals surface area contributed by atoms with Crippen LogP contribution in [0.4, 0.5) is 0 Å². The van der Waals surface area contributed by atoms with Crippen LogP contribution >= 0.6 is 11.6 Å². The maximum atomic E-state index is 11.4. The van der Waals surface area contributed by atoms with E-state index in [1.165, 1.54) is 0 Å². The molecule has 5 nitrogen and oxygen atoms in total. The van der Waals surface area contributed by atoms with E-state index in [-0.39, 0.29) is 12.5 Å². The second kappa shape index (κ2) is 5.53. The molecule has 0 aliphatic rings.